The SMILES string of the molecule is COC1CCN(C(=O)c2ccc(Cn3cncn3)cc2)CC1. The van der Waals surface area contributed by atoms with Crippen LogP contribution in [0.3, 0.4) is 0 Å². The molecule has 6 nitrogen and oxygen atoms in total. The molecule has 2 heterocycles. The van der Waals surface area contributed by atoms with Crippen molar-refractivity contribution in [2.24, 2.45) is 0 Å². The van der Waals surface area contributed by atoms with Crippen LogP contribution in [0.4, 0.5) is 0 Å². The Morgan fingerprint density at radius 3 is 2.59 bits per heavy atom. The van der Waals surface area contributed by atoms with E-state index < -0.39 is 0 Å². The van der Waals surface area contributed by atoms with Crippen LogP contribution < -0.4 is 0 Å². The standard InChI is InChI=1S/C16H20N4O2/c1-22-15-6-8-19(9-7-15)16(21)14-4-2-13(3-5-14)10-20-12-17-11-18-20/h2-5,11-12,15H,6-10H2,1H3. The van der Waals surface area contributed by atoms with Gasteiger partial charge in [0.05, 0.1) is 12.6 Å². The fourth-order valence-electron chi connectivity index (χ4n) is 2.73. The Morgan fingerprint density at radius 2 is 2.00 bits per heavy atom. The summed E-state index contributed by atoms with van der Waals surface area (Å²) in [5.74, 6) is 0.0989. The number of ether oxygens (including phenoxy) is 1. The molecule has 0 bridgehead atoms. The zero-order valence-electron chi connectivity index (χ0n) is 12.7. The third-order valence-corrected chi connectivity index (χ3v) is 4.07. The van der Waals surface area contributed by atoms with Crippen LogP contribution in [0.2, 0.25) is 0 Å². The van der Waals surface area contributed by atoms with E-state index in [1.165, 1.54) is 6.33 Å². The third-order valence-electron chi connectivity index (χ3n) is 4.07. The van der Waals surface area contributed by atoms with Gasteiger partial charge in [-0.1, -0.05) is 12.1 Å². The lowest BCUT2D eigenvalue weighted by molar-refractivity contribution is 0.0351. The van der Waals surface area contributed by atoms with Gasteiger partial charge >= 0.3 is 0 Å². The average molecular weight is 300 g/mol. The van der Waals surface area contributed by atoms with E-state index in [4.69, 9.17) is 4.74 Å². The second kappa shape index (κ2) is 6.70. The summed E-state index contributed by atoms with van der Waals surface area (Å²) in [5.41, 5.74) is 1.83. The molecule has 1 fully saturated rings. The highest BCUT2D eigenvalue weighted by Crippen LogP contribution is 2.16. The number of carbonyl (C=O) groups is 1. The predicted molar refractivity (Wildman–Crippen MR) is 81.5 cm³/mol. The van der Waals surface area contributed by atoms with Gasteiger partial charge in [-0.2, -0.15) is 5.10 Å². The van der Waals surface area contributed by atoms with Crippen molar-refractivity contribution in [3.8, 4) is 0 Å². The van der Waals surface area contributed by atoms with Crippen molar-refractivity contribution >= 4 is 5.91 Å². The summed E-state index contributed by atoms with van der Waals surface area (Å²) in [7, 11) is 1.73. The van der Waals surface area contributed by atoms with Gasteiger partial charge in [0.2, 0.25) is 0 Å². The quantitative estimate of drug-likeness (QED) is 0.860. The minimum Gasteiger partial charge on any atom is -0.381 e. The minimum atomic E-state index is 0.0989. The van der Waals surface area contributed by atoms with Gasteiger partial charge in [-0.25, -0.2) is 9.67 Å². The molecule has 3 rings (SSSR count). The Morgan fingerprint density at radius 1 is 1.27 bits per heavy atom. The normalized spacial score (nSPS) is 16.0. The number of aromatic nitrogens is 3. The van der Waals surface area contributed by atoms with E-state index in [-0.39, 0.29) is 12.0 Å². The van der Waals surface area contributed by atoms with Crippen molar-refractivity contribution in [3.05, 3.63) is 48.0 Å². The number of carbonyl (C=O) groups excluding carboxylic acids is 1. The smallest absolute Gasteiger partial charge is 0.253 e. The zero-order chi connectivity index (χ0) is 15.4. The predicted octanol–water partition coefficient (Wildman–Crippen LogP) is 1.58. The molecule has 6 heteroatoms. The van der Waals surface area contributed by atoms with Crippen LogP contribution in [-0.2, 0) is 11.3 Å². The lowest BCUT2D eigenvalue weighted by Crippen LogP contribution is -2.40. The Kier molecular flexibility index (Phi) is 4.48. The van der Waals surface area contributed by atoms with E-state index in [2.05, 4.69) is 10.1 Å². The van der Waals surface area contributed by atoms with Gasteiger partial charge in [0.15, 0.2) is 0 Å². The van der Waals surface area contributed by atoms with Gasteiger partial charge in [-0.15, -0.1) is 0 Å². The van der Waals surface area contributed by atoms with Crippen molar-refractivity contribution in [3.63, 3.8) is 0 Å². The molecule has 1 aliphatic heterocycles. The molecule has 1 amide bonds. The second-order valence-corrected chi connectivity index (χ2v) is 5.52. The number of hydrogen-bond donors (Lipinski definition) is 0. The van der Waals surface area contributed by atoms with Crippen LogP contribution in [-0.4, -0.2) is 51.9 Å². The second-order valence-electron chi connectivity index (χ2n) is 5.52. The molecule has 1 aromatic heterocycles. The summed E-state index contributed by atoms with van der Waals surface area (Å²) >= 11 is 0. The molecule has 0 saturated carbocycles. The number of nitrogens with zero attached hydrogens (tertiary/aromatic N) is 4. The molecule has 0 atom stereocenters. The van der Waals surface area contributed by atoms with Crippen LogP contribution in [0.1, 0.15) is 28.8 Å². The van der Waals surface area contributed by atoms with E-state index in [1.54, 1.807) is 18.1 Å². The molecular weight excluding hydrogens is 280 g/mol. The molecule has 1 aromatic carbocycles. The van der Waals surface area contributed by atoms with Crippen molar-refractivity contribution in [1.82, 2.24) is 19.7 Å². The minimum absolute atomic E-state index is 0.0989. The van der Waals surface area contributed by atoms with Crippen molar-refractivity contribution < 1.29 is 9.53 Å². The van der Waals surface area contributed by atoms with Gasteiger partial charge in [0.1, 0.15) is 12.7 Å². The fourth-order valence-corrected chi connectivity index (χ4v) is 2.73. The molecule has 1 aliphatic rings. The molecule has 0 radical (unpaired) electrons. The number of rotatable bonds is 4. The summed E-state index contributed by atoms with van der Waals surface area (Å²) < 4.78 is 7.10. The van der Waals surface area contributed by atoms with Gasteiger partial charge in [-0.3, -0.25) is 4.79 Å². The third kappa shape index (κ3) is 3.33. The Labute approximate surface area is 129 Å². The van der Waals surface area contributed by atoms with Crippen molar-refractivity contribution in [1.29, 1.82) is 0 Å². The summed E-state index contributed by atoms with van der Waals surface area (Å²) in [6, 6.07) is 7.71. The molecule has 116 valence electrons. The molecule has 2 aromatic rings. The summed E-state index contributed by atoms with van der Waals surface area (Å²) in [5, 5.41) is 4.08. The van der Waals surface area contributed by atoms with Crippen LogP contribution >= 0.6 is 0 Å². The van der Waals surface area contributed by atoms with Crippen LogP contribution in [0, 0.1) is 0 Å². The average Bonchev–Trinajstić information content (AvgIpc) is 3.08. The van der Waals surface area contributed by atoms with Gasteiger partial charge in [-0.05, 0) is 30.5 Å². The summed E-state index contributed by atoms with van der Waals surface area (Å²) in [6.07, 6.45) is 5.30. The van der Waals surface area contributed by atoms with Gasteiger partial charge < -0.3 is 9.64 Å². The Bertz CT molecular complexity index is 602. The molecule has 0 spiro atoms. The number of piperidine rings is 1. The highest BCUT2D eigenvalue weighted by atomic mass is 16.5. The molecule has 0 aliphatic carbocycles. The highest BCUT2D eigenvalue weighted by molar-refractivity contribution is 5.94. The van der Waals surface area contributed by atoms with Crippen LogP contribution in [0.5, 0.6) is 0 Å². The Hall–Kier alpha value is -2.21. The molecular formula is C16H20N4O2. The van der Waals surface area contributed by atoms with Crippen molar-refractivity contribution in [2.75, 3.05) is 20.2 Å². The van der Waals surface area contributed by atoms with E-state index in [1.807, 2.05) is 29.2 Å². The number of hydrogen-bond acceptors (Lipinski definition) is 4. The van der Waals surface area contributed by atoms with E-state index in [0.717, 1.165) is 37.1 Å². The number of benzene rings is 1. The lowest BCUT2D eigenvalue weighted by atomic mass is 10.1. The molecule has 0 N–H and O–H groups in total. The monoisotopic (exact) mass is 300 g/mol. The summed E-state index contributed by atoms with van der Waals surface area (Å²) in [6.45, 7) is 2.18. The topological polar surface area (TPSA) is 60.2 Å². The first-order valence-corrected chi connectivity index (χ1v) is 7.49. The van der Waals surface area contributed by atoms with E-state index in [0.29, 0.717) is 6.54 Å². The van der Waals surface area contributed by atoms with E-state index >= 15 is 0 Å². The fraction of sp³-hybridized carbons (Fsp3) is 0.438. The number of likely N-dealkylation sites (tertiary alicyclic amines) is 1. The van der Waals surface area contributed by atoms with E-state index in [9.17, 15) is 4.79 Å². The largest absolute Gasteiger partial charge is 0.381 e. The molecule has 0 unspecified atom stereocenters. The first-order valence-electron chi connectivity index (χ1n) is 7.49. The van der Waals surface area contributed by atoms with Gasteiger partial charge in [0.25, 0.3) is 5.91 Å². The number of amides is 1. The molecule has 1 saturated heterocycles. The first kappa shape index (κ1) is 14.7. The zero-order valence-corrected chi connectivity index (χ0v) is 12.7. The van der Waals surface area contributed by atoms with Crippen LogP contribution in [0.15, 0.2) is 36.9 Å². The maximum absolute atomic E-state index is 12.5. The lowest BCUT2D eigenvalue weighted by Gasteiger charge is -2.31. The summed E-state index contributed by atoms with van der Waals surface area (Å²) in [4.78, 5) is 18.3. The number of methoxy groups -OCH3 is 1. The Balaban J connectivity index is 1.61. The van der Waals surface area contributed by atoms with Gasteiger partial charge in [0, 0.05) is 25.8 Å². The molecule has 22 heavy (non-hydrogen) atoms. The first-order chi connectivity index (χ1) is 10.8. The maximum atomic E-state index is 12.5. The van der Waals surface area contributed by atoms with Crippen LogP contribution in [0.25, 0.3) is 0 Å². The highest BCUT2D eigenvalue weighted by Gasteiger charge is 2.23. The maximum Gasteiger partial charge on any atom is 0.253 e. The van der Waals surface area contributed by atoms with Crippen molar-refractivity contribution in [2.45, 2.75) is 25.5 Å².